The molecule has 0 fully saturated rings. The van der Waals surface area contributed by atoms with E-state index in [1.54, 1.807) is 49.4 Å². The second-order valence-electron chi connectivity index (χ2n) is 8.66. The van der Waals surface area contributed by atoms with Crippen LogP contribution in [0.5, 0.6) is 0 Å². The van der Waals surface area contributed by atoms with Gasteiger partial charge in [-0.15, -0.1) is 0 Å². The van der Waals surface area contributed by atoms with Gasteiger partial charge >= 0.3 is 5.97 Å². The lowest BCUT2D eigenvalue weighted by Gasteiger charge is -2.28. The average molecular weight is 543 g/mol. The lowest BCUT2D eigenvalue weighted by atomic mass is 9.85. The molecule has 10 heteroatoms. The number of carbonyl (C=O) groups excluding carboxylic acids is 3. The van der Waals surface area contributed by atoms with E-state index in [0.29, 0.717) is 33.4 Å². The highest BCUT2D eigenvalue weighted by Gasteiger charge is 2.36. The smallest absolute Gasteiger partial charge is 0.339 e. The van der Waals surface area contributed by atoms with Gasteiger partial charge in [0.15, 0.2) is 0 Å². The topological polar surface area (TPSA) is 133 Å². The zero-order valence-electron chi connectivity index (χ0n) is 21.5. The number of allylic oxidation sites excluding steroid dienone is 2. The van der Waals surface area contributed by atoms with Gasteiger partial charge in [0.25, 0.3) is 5.91 Å². The number of furan rings is 1. The summed E-state index contributed by atoms with van der Waals surface area (Å²) in [5.74, 6) is -1.74. The molecular weight excluding hydrogens is 516 g/mol. The summed E-state index contributed by atoms with van der Waals surface area (Å²) in [5, 5.41) is 19.4. The van der Waals surface area contributed by atoms with Crippen molar-refractivity contribution >= 4 is 40.9 Å². The Hall–Kier alpha value is -4.75. The number of thioether (sulfide) groups is 1. The zero-order chi connectivity index (χ0) is 27.9. The Balaban J connectivity index is 1.57. The van der Waals surface area contributed by atoms with Crippen LogP contribution in [0.1, 0.15) is 34.5 Å². The molecule has 39 heavy (non-hydrogen) atoms. The van der Waals surface area contributed by atoms with Crippen LogP contribution in [0.4, 0.5) is 11.4 Å². The third-order valence-corrected chi connectivity index (χ3v) is 6.97. The van der Waals surface area contributed by atoms with Crippen molar-refractivity contribution in [3.05, 3.63) is 106 Å². The summed E-state index contributed by atoms with van der Waals surface area (Å²) in [5.41, 5.74) is 3.28. The highest BCUT2D eigenvalue weighted by molar-refractivity contribution is 8.03. The van der Waals surface area contributed by atoms with Crippen LogP contribution in [0.25, 0.3) is 0 Å². The number of carbonyl (C=O) groups is 3. The second kappa shape index (κ2) is 12.2. The van der Waals surface area contributed by atoms with Crippen LogP contribution in [0.2, 0.25) is 0 Å². The molecular formula is C29H26N4O5S. The van der Waals surface area contributed by atoms with Gasteiger partial charge in [0.05, 0.1) is 58.5 Å². The average Bonchev–Trinajstić information content (AvgIpc) is 3.46. The summed E-state index contributed by atoms with van der Waals surface area (Å²) < 4.78 is 10.4. The molecule has 3 aromatic rings. The summed E-state index contributed by atoms with van der Waals surface area (Å²) in [4.78, 5) is 38.3. The SMILES string of the molecule is COC(=O)c1ccccc1NC(=O)CSC1=C(C#N)C(c2ccco2)C(C(=O)Nc2cccc(C)c2)=C(C)N1. The van der Waals surface area contributed by atoms with E-state index in [1.165, 1.54) is 13.4 Å². The fourth-order valence-corrected chi connectivity index (χ4v) is 5.08. The molecule has 1 unspecified atom stereocenters. The van der Waals surface area contributed by atoms with E-state index in [9.17, 15) is 19.6 Å². The number of aryl methyl sites for hydroxylation is 1. The monoisotopic (exact) mass is 542 g/mol. The summed E-state index contributed by atoms with van der Waals surface area (Å²) >= 11 is 1.11. The number of ether oxygens (including phenoxy) is 1. The van der Waals surface area contributed by atoms with Crippen molar-refractivity contribution in [1.29, 1.82) is 5.26 Å². The highest BCUT2D eigenvalue weighted by atomic mass is 32.2. The lowest BCUT2D eigenvalue weighted by molar-refractivity contribution is -0.114. The van der Waals surface area contributed by atoms with Crippen molar-refractivity contribution in [2.24, 2.45) is 0 Å². The van der Waals surface area contributed by atoms with Crippen LogP contribution in [-0.2, 0) is 14.3 Å². The summed E-state index contributed by atoms with van der Waals surface area (Å²) in [6.07, 6.45) is 1.48. The first-order chi connectivity index (χ1) is 18.8. The zero-order valence-corrected chi connectivity index (χ0v) is 22.3. The number of amides is 2. The third kappa shape index (κ3) is 6.22. The van der Waals surface area contributed by atoms with E-state index in [0.717, 1.165) is 17.3 Å². The number of nitriles is 1. The maximum atomic E-state index is 13.5. The Bertz CT molecular complexity index is 1520. The number of nitrogens with one attached hydrogen (secondary N) is 3. The molecule has 1 aliphatic heterocycles. The standard InChI is InChI=1S/C29H26N4O5S/c1-17-8-6-9-19(14-17)32-27(35)25-18(2)31-28(21(15-30)26(25)23-12-7-13-38-23)39-16-24(34)33-22-11-5-4-10-20(22)29(36)37-3/h4-14,26,31H,16H2,1-3H3,(H,32,35)(H,33,34). The van der Waals surface area contributed by atoms with E-state index < -0.39 is 11.9 Å². The molecule has 2 heterocycles. The minimum atomic E-state index is -0.776. The highest BCUT2D eigenvalue weighted by Crippen LogP contribution is 2.41. The lowest BCUT2D eigenvalue weighted by Crippen LogP contribution is -2.31. The number of benzene rings is 2. The number of methoxy groups -OCH3 is 1. The van der Waals surface area contributed by atoms with Crippen LogP contribution in [0.15, 0.2) is 93.2 Å². The van der Waals surface area contributed by atoms with Crippen molar-refractivity contribution in [1.82, 2.24) is 5.32 Å². The second-order valence-corrected chi connectivity index (χ2v) is 9.65. The van der Waals surface area contributed by atoms with Crippen molar-refractivity contribution in [3.8, 4) is 6.07 Å². The number of para-hydroxylation sites is 1. The van der Waals surface area contributed by atoms with Crippen LogP contribution in [-0.4, -0.2) is 30.6 Å². The summed E-state index contributed by atoms with van der Waals surface area (Å²) in [6, 6.07) is 19.5. The quantitative estimate of drug-likeness (QED) is 0.336. The number of esters is 1. The predicted molar refractivity (Wildman–Crippen MR) is 149 cm³/mol. The normalized spacial score (nSPS) is 14.8. The molecule has 0 saturated heterocycles. The first-order valence-electron chi connectivity index (χ1n) is 12.0. The van der Waals surface area contributed by atoms with Gasteiger partial charge in [-0.25, -0.2) is 4.79 Å². The predicted octanol–water partition coefficient (Wildman–Crippen LogP) is 5.08. The third-order valence-electron chi connectivity index (χ3n) is 5.95. The van der Waals surface area contributed by atoms with Crippen LogP contribution in [0.3, 0.4) is 0 Å². The van der Waals surface area contributed by atoms with Crippen molar-refractivity contribution in [2.75, 3.05) is 23.5 Å². The van der Waals surface area contributed by atoms with Gasteiger partial charge in [0.1, 0.15) is 5.76 Å². The molecule has 2 aromatic carbocycles. The summed E-state index contributed by atoms with van der Waals surface area (Å²) in [7, 11) is 1.27. The molecule has 3 N–H and O–H groups in total. The van der Waals surface area contributed by atoms with E-state index in [4.69, 9.17) is 9.15 Å². The molecule has 9 nitrogen and oxygen atoms in total. The van der Waals surface area contributed by atoms with Gasteiger partial charge in [-0.1, -0.05) is 36.0 Å². The molecule has 2 amide bonds. The number of hydrogen-bond donors (Lipinski definition) is 3. The number of hydrogen-bond acceptors (Lipinski definition) is 8. The molecule has 0 bridgehead atoms. The molecule has 1 atom stereocenters. The molecule has 0 aliphatic carbocycles. The van der Waals surface area contributed by atoms with E-state index >= 15 is 0 Å². The Morgan fingerprint density at radius 2 is 1.87 bits per heavy atom. The largest absolute Gasteiger partial charge is 0.468 e. The van der Waals surface area contributed by atoms with Crippen LogP contribution < -0.4 is 16.0 Å². The molecule has 4 rings (SSSR count). The van der Waals surface area contributed by atoms with Gasteiger partial charge in [-0.2, -0.15) is 5.26 Å². The Kier molecular flexibility index (Phi) is 8.53. The Morgan fingerprint density at radius 3 is 2.56 bits per heavy atom. The number of nitrogens with zero attached hydrogens (tertiary/aromatic N) is 1. The number of dihydropyridines is 1. The minimum absolute atomic E-state index is 0.0635. The molecule has 0 radical (unpaired) electrons. The van der Waals surface area contributed by atoms with Gasteiger partial charge in [0, 0.05) is 11.4 Å². The van der Waals surface area contributed by atoms with Crippen molar-refractivity contribution in [2.45, 2.75) is 19.8 Å². The van der Waals surface area contributed by atoms with Gasteiger partial charge < -0.3 is 25.1 Å². The van der Waals surface area contributed by atoms with E-state index in [-0.39, 0.29) is 28.7 Å². The fraction of sp³-hybridized carbons (Fsp3) is 0.172. The Morgan fingerprint density at radius 1 is 1.08 bits per heavy atom. The minimum Gasteiger partial charge on any atom is -0.468 e. The Labute approximate surface area is 229 Å². The number of rotatable bonds is 8. The van der Waals surface area contributed by atoms with E-state index in [1.807, 2.05) is 25.1 Å². The van der Waals surface area contributed by atoms with Crippen molar-refractivity contribution < 1.29 is 23.5 Å². The molecule has 198 valence electrons. The molecule has 0 saturated carbocycles. The van der Waals surface area contributed by atoms with E-state index in [2.05, 4.69) is 22.0 Å². The van der Waals surface area contributed by atoms with Crippen LogP contribution >= 0.6 is 11.8 Å². The first kappa shape index (κ1) is 27.3. The van der Waals surface area contributed by atoms with Crippen molar-refractivity contribution in [3.63, 3.8) is 0 Å². The number of anilines is 2. The van der Waals surface area contributed by atoms with Gasteiger partial charge in [0.2, 0.25) is 5.91 Å². The van der Waals surface area contributed by atoms with Gasteiger partial charge in [-0.3, -0.25) is 9.59 Å². The maximum absolute atomic E-state index is 13.5. The fourth-order valence-electron chi connectivity index (χ4n) is 4.19. The maximum Gasteiger partial charge on any atom is 0.339 e. The molecule has 1 aromatic heterocycles. The molecule has 0 spiro atoms. The molecule has 1 aliphatic rings. The summed E-state index contributed by atoms with van der Waals surface area (Å²) in [6.45, 7) is 3.67. The first-order valence-corrected chi connectivity index (χ1v) is 12.9. The van der Waals surface area contributed by atoms with Crippen LogP contribution in [0, 0.1) is 18.3 Å². The van der Waals surface area contributed by atoms with Gasteiger partial charge in [-0.05, 0) is 55.8 Å².